The molecule has 0 saturated carbocycles. The van der Waals surface area contributed by atoms with Crippen LogP contribution in [0.4, 0.5) is 0 Å². The summed E-state index contributed by atoms with van der Waals surface area (Å²) in [4.78, 5) is 48.0. The van der Waals surface area contributed by atoms with Crippen molar-refractivity contribution >= 4 is 25.7 Å². The van der Waals surface area contributed by atoms with Crippen molar-refractivity contribution in [2.75, 3.05) is 19.8 Å². The normalized spacial score (nSPS) is 13.7. The first kappa shape index (κ1) is 56.1. The summed E-state index contributed by atoms with van der Waals surface area (Å²) in [5.74, 6) is -2.46. The minimum absolute atomic E-state index is 0. The van der Waals surface area contributed by atoms with Crippen molar-refractivity contribution < 1.29 is 77.0 Å². The van der Waals surface area contributed by atoms with Crippen molar-refractivity contribution in [1.82, 2.24) is 0 Å². The molecule has 0 bridgehead atoms. The van der Waals surface area contributed by atoms with Crippen LogP contribution < -0.4 is 40.2 Å². The molecule has 316 valence electrons. The first-order chi connectivity index (χ1) is 26.1. The number of phosphoric ester groups is 1. The van der Waals surface area contributed by atoms with Crippen LogP contribution >= 0.6 is 7.82 Å². The molecule has 0 rings (SSSR count). The molecule has 0 heterocycles. The number of nitrogens with two attached hydrogens (primary N) is 1. The Morgan fingerprint density at radius 1 is 0.582 bits per heavy atom. The molecule has 0 aromatic rings. The molecule has 0 amide bonds. The van der Waals surface area contributed by atoms with Crippen LogP contribution in [0.3, 0.4) is 0 Å². The largest absolute Gasteiger partial charge is 1.00 e. The Balaban J connectivity index is 0. The molecule has 0 saturated heterocycles. The number of allylic oxidation sites excluding steroid dienone is 4. The standard InChI is InChI=1S/C42H78NO10P.Na/c1-3-5-7-9-11-13-15-17-19-21-23-25-27-29-31-33-40(44)50-35-38(36-51-54(48,49)52-37-39(43)42(46)47)53-41(45)34-32-30-28-26-24-22-20-18-16-14-12-10-8-6-4-2;/h17-20,38-39H,3-16,21-37,43H2,1-2H3,(H,46,47)(H,48,49);/q;+1/p-1/b19-17-,20-18-;/t38-,39-;/m1./s1. The number of rotatable bonds is 40. The predicted molar refractivity (Wildman–Crippen MR) is 215 cm³/mol. The van der Waals surface area contributed by atoms with Gasteiger partial charge in [0.1, 0.15) is 12.6 Å². The van der Waals surface area contributed by atoms with Gasteiger partial charge in [0.05, 0.1) is 13.2 Å². The maximum Gasteiger partial charge on any atom is 1.00 e. The van der Waals surface area contributed by atoms with Gasteiger partial charge < -0.3 is 34.3 Å². The number of aliphatic carboxylic acids is 1. The number of hydrogen-bond acceptors (Lipinski definition) is 10. The quantitative estimate of drug-likeness (QED) is 0.0207. The van der Waals surface area contributed by atoms with Crippen LogP contribution in [0, 0.1) is 0 Å². The van der Waals surface area contributed by atoms with Gasteiger partial charge in [-0.3, -0.25) is 18.9 Å². The van der Waals surface area contributed by atoms with Crippen molar-refractivity contribution in [3.63, 3.8) is 0 Å². The number of ether oxygens (including phenoxy) is 2. The third-order valence-electron chi connectivity index (χ3n) is 9.16. The van der Waals surface area contributed by atoms with Crippen molar-refractivity contribution in [3.05, 3.63) is 24.3 Å². The summed E-state index contributed by atoms with van der Waals surface area (Å²) >= 11 is 0. The molecule has 0 aromatic carbocycles. The molecule has 1 unspecified atom stereocenters. The van der Waals surface area contributed by atoms with E-state index >= 15 is 0 Å². The van der Waals surface area contributed by atoms with Crippen molar-refractivity contribution in [2.45, 2.75) is 206 Å². The number of phosphoric acid groups is 1. The van der Waals surface area contributed by atoms with Crippen molar-refractivity contribution in [2.24, 2.45) is 5.73 Å². The molecule has 0 aromatic heterocycles. The average molecular weight is 810 g/mol. The number of esters is 2. The first-order valence-electron chi connectivity index (χ1n) is 21.3. The minimum atomic E-state index is -4.96. The van der Waals surface area contributed by atoms with E-state index in [1.165, 1.54) is 77.0 Å². The summed E-state index contributed by atoms with van der Waals surface area (Å²) in [6.45, 7) is 2.62. The Hall–Kier alpha value is -1.04. The summed E-state index contributed by atoms with van der Waals surface area (Å²) in [7, 11) is -4.96. The van der Waals surface area contributed by atoms with Crippen LogP contribution in [0.5, 0.6) is 0 Å². The van der Waals surface area contributed by atoms with E-state index in [4.69, 9.17) is 24.8 Å². The number of unbranched alkanes of at least 4 members (excludes halogenated alkanes) is 22. The summed E-state index contributed by atoms with van der Waals surface area (Å²) < 4.78 is 32.3. The second-order valence-electron chi connectivity index (χ2n) is 14.4. The molecule has 0 aliphatic rings. The van der Waals surface area contributed by atoms with Gasteiger partial charge in [0.25, 0.3) is 7.82 Å². The Bertz CT molecular complexity index is 1030. The molecule has 3 atom stereocenters. The molecule has 11 nitrogen and oxygen atoms in total. The molecular formula is C42H77NNaO10P. The van der Waals surface area contributed by atoms with Crippen LogP contribution in [0.2, 0.25) is 0 Å². The van der Waals surface area contributed by atoms with Crippen LogP contribution in [0.15, 0.2) is 24.3 Å². The SMILES string of the molecule is CCCCCCCC/C=C\CCCCCCCC(=O)OC[C@H](COP(=O)([O-])OC[C@@H](N)C(=O)O)OC(=O)CCCCCCC/C=C\CCCCCCCC.[Na+]. The molecule has 0 fully saturated rings. The van der Waals surface area contributed by atoms with E-state index in [1.54, 1.807) is 0 Å². The van der Waals surface area contributed by atoms with E-state index in [2.05, 4.69) is 42.7 Å². The second-order valence-corrected chi connectivity index (χ2v) is 15.9. The van der Waals surface area contributed by atoms with Gasteiger partial charge in [-0.15, -0.1) is 0 Å². The fourth-order valence-corrected chi connectivity index (χ4v) is 6.52. The van der Waals surface area contributed by atoms with Crippen LogP contribution in [0.25, 0.3) is 0 Å². The average Bonchev–Trinajstić information content (AvgIpc) is 3.14. The van der Waals surface area contributed by atoms with Gasteiger partial charge >= 0.3 is 47.5 Å². The van der Waals surface area contributed by atoms with E-state index in [9.17, 15) is 23.8 Å². The molecule has 0 spiro atoms. The molecular weight excluding hydrogens is 732 g/mol. The molecule has 55 heavy (non-hydrogen) atoms. The smallest absolute Gasteiger partial charge is 0.756 e. The number of carbonyl (C=O) groups is 3. The van der Waals surface area contributed by atoms with Crippen LogP contribution in [-0.2, 0) is 37.5 Å². The first-order valence-corrected chi connectivity index (χ1v) is 22.8. The zero-order valence-corrected chi connectivity index (χ0v) is 37.9. The van der Waals surface area contributed by atoms with Gasteiger partial charge in [-0.2, -0.15) is 0 Å². The van der Waals surface area contributed by atoms with Gasteiger partial charge in [0.2, 0.25) is 0 Å². The fourth-order valence-electron chi connectivity index (χ4n) is 5.75. The van der Waals surface area contributed by atoms with Gasteiger partial charge in [-0.05, 0) is 64.2 Å². The third-order valence-corrected chi connectivity index (χ3v) is 10.1. The fraction of sp³-hybridized carbons (Fsp3) is 0.833. The zero-order chi connectivity index (χ0) is 40.0. The van der Waals surface area contributed by atoms with E-state index < -0.39 is 51.1 Å². The van der Waals surface area contributed by atoms with Gasteiger partial charge in [0, 0.05) is 12.8 Å². The molecule has 13 heteroatoms. The van der Waals surface area contributed by atoms with Crippen LogP contribution in [-0.4, -0.2) is 55.0 Å². The number of carboxylic acids is 1. The minimum Gasteiger partial charge on any atom is -0.756 e. The van der Waals surface area contributed by atoms with Crippen molar-refractivity contribution in [3.8, 4) is 0 Å². The molecule has 0 aliphatic heterocycles. The topological polar surface area (TPSA) is 175 Å². The summed E-state index contributed by atoms with van der Waals surface area (Å²) in [6.07, 6.45) is 37.9. The maximum absolute atomic E-state index is 12.6. The van der Waals surface area contributed by atoms with Crippen LogP contribution in [0.1, 0.15) is 194 Å². The van der Waals surface area contributed by atoms with Crippen molar-refractivity contribution in [1.29, 1.82) is 0 Å². The van der Waals surface area contributed by atoms with Gasteiger partial charge in [-0.1, -0.05) is 141 Å². The van der Waals surface area contributed by atoms with E-state index in [-0.39, 0.29) is 49.0 Å². The molecule has 0 radical (unpaired) electrons. The van der Waals surface area contributed by atoms with Gasteiger partial charge in [0.15, 0.2) is 6.10 Å². The molecule has 3 N–H and O–H groups in total. The Morgan fingerprint density at radius 2 is 0.945 bits per heavy atom. The zero-order valence-electron chi connectivity index (χ0n) is 35.0. The summed E-state index contributed by atoms with van der Waals surface area (Å²) in [5, 5.41) is 8.86. The van der Waals surface area contributed by atoms with E-state index in [0.29, 0.717) is 12.8 Å². The van der Waals surface area contributed by atoms with E-state index in [0.717, 1.165) is 77.0 Å². The third kappa shape index (κ3) is 40.9. The Morgan fingerprint density at radius 3 is 1.36 bits per heavy atom. The van der Waals surface area contributed by atoms with E-state index in [1.807, 2.05) is 0 Å². The Kier molecular flexibility index (Phi) is 41.9. The monoisotopic (exact) mass is 810 g/mol. The number of hydrogen-bond donors (Lipinski definition) is 2. The molecule has 0 aliphatic carbocycles. The summed E-state index contributed by atoms with van der Waals surface area (Å²) in [5.41, 5.74) is 5.30. The van der Waals surface area contributed by atoms with Gasteiger partial charge in [-0.25, -0.2) is 0 Å². The summed E-state index contributed by atoms with van der Waals surface area (Å²) in [6, 6.07) is -1.56. The second kappa shape index (κ2) is 41.1. The maximum atomic E-state index is 12.6. The predicted octanol–water partition coefficient (Wildman–Crippen LogP) is 7.43. The number of carboxylic acid groups (broad SMARTS) is 1. The number of carbonyl (C=O) groups excluding carboxylic acids is 2. The Labute approximate surface area is 356 Å².